The Labute approximate surface area is 163 Å². The molecular weight excluding hydrogens is 380 g/mol. The van der Waals surface area contributed by atoms with E-state index in [9.17, 15) is 18.0 Å². The molecule has 2 aromatic rings. The summed E-state index contributed by atoms with van der Waals surface area (Å²) in [7, 11) is -3.77. The van der Waals surface area contributed by atoms with Crippen molar-refractivity contribution in [2.45, 2.75) is 30.7 Å². The number of primary sulfonamides is 1. The maximum Gasteiger partial charge on any atom is 0.246 e. The highest BCUT2D eigenvalue weighted by Gasteiger charge is 2.21. The molecule has 8 nitrogen and oxygen atoms in total. The second-order valence-electron chi connectivity index (χ2n) is 6.62. The van der Waals surface area contributed by atoms with E-state index < -0.39 is 16.1 Å². The van der Waals surface area contributed by atoms with E-state index in [1.54, 1.807) is 11.8 Å². The number of nitrogens with one attached hydrogen (secondary N) is 2. The topological polar surface area (TPSA) is 122 Å². The molecule has 0 radical (unpaired) electrons. The Kier molecular flexibility index (Phi) is 5.66. The summed E-state index contributed by atoms with van der Waals surface area (Å²) < 4.78 is 22.5. The average molecular weight is 402 g/mol. The van der Waals surface area contributed by atoms with Gasteiger partial charge in [0.15, 0.2) is 0 Å². The van der Waals surface area contributed by atoms with Gasteiger partial charge in [-0.15, -0.1) is 0 Å². The standard InChI is InChI=1S/C19H22N4O4S/c1-13(19(25)22-15-6-10-17(11-7-15)28(20,26)27)21-14-4-8-16(9-5-14)23-12-2-3-18(23)24/h4-11,13,21H,2-3,12H2,1H3,(H,22,25)(H2,20,26,27)/t13-/m0/s1. The number of benzene rings is 2. The molecule has 1 aliphatic heterocycles. The number of rotatable bonds is 6. The highest BCUT2D eigenvalue weighted by Crippen LogP contribution is 2.23. The normalized spacial score (nSPS) is 15.4. The van der Waals surface area contributed by atoms with E-state index in [2.05, 4.69) is 10.6 Å². The van der Waals surface area contributed by atoms with Gasteiger partial charge in [-0.25, -0.2) is 13.6 Å². The number of carbonyl (C=O) groups is 2. The van der Waals surface area contributed by atoms with Crippen LogP contribution in [0.5, 0.6) is 0 Å². The van der Waals surface area contributed by atoms with E-state index >= 15 is 0 Å². The molecule has 0 aliphatic carbocycles. The SMILES string of the molecule is C[C@H](Nc1ccc(N2CCCC2=O)cc1)C(=O)Nc1ccc(S(N)(=O)=O)cc1. The van der Waals surface area contributed by atoms with Crippen molar-refractivity contribution in [3.8, 4) is 0 Å². The van der Waals surface area contributed by atoms with Crippen LogP contribution < -0.4 is 20.7 Å². The maximum absolute atomic E-state index is 12.3. The van der Waals surface area contributed by atoms with Crippen molar-refractivity contribution in [2.24, 2.45) is 5.14 Å². The highest BCUT2D eigenvalue weighted by atomic mass is 32.2. The molecule has 0 spiro atoms. The minimum atomic E-state index is -3.77. The van der Waals surface area contributed by atoms with Crippen LogP contribution in [0, 0.1) is 0 Å². The quantitative estimate of drug-likeness (QED) is 0.681. The van der Waals surface area contributed by atoms with E-state index in [4.69, 9.17) is 5.14 Å². The highest BCUT2D eigenvalue weighted by molar-refractivity contribution is 7.89. The molecule has 148 valence electrons. The summed E-state index contributed by atoms with van der Waals surface area (Å²) in [6.07, 6.45) is 1.45. The molecule has 0 bridgehead atoms. The summed E-state index contributed by atoms with van der Waals surface area (Å²) in [6, 6.07) is 12.4. The Hall–Kier alpha value is -2.91. The molecule has 1 fully saturated rings. The van der Waals surface area contributed by atoms with Gasteiger partial charge in [0.25, 0.3) is 0 Å². The molecule has 0 saturated carbocycles. The zero-order chi connectivity index (χ0) is 20.3. The molecule has 1 aliphatic rings. The van der Waals surface area contributed by atoms with E-state index in [-0.39, 0.29) is 16.7 Å². The Morgan fingerprint density at radius 3 is 2.21 bits per heavy atom. The minimum absolute atomic E-state index is 0.0201. The number of sulfonamides is 1. The number of nitrogens with two attached hydrogens (primary N) is 1. The molecule has 0 aromatic heterocycles. The smallest absolute Gasteiger partial charge is 0.246 e. The summed E-state index contributed by atoms with van der Waals surface area (Å²) >= 11 is 0. The van der Waals surface area contributed by atoms with Crippen molar-refractivity contribution in [3.63, 3.8) is 0 Å². The molecule has 28 heavy (non-hydrogen) atoms. The van der Waals surface area contributed by atoms with Crippen LogP contribution in [0.4, 0.5) is 17.1 Å². The summed E-state index contributed by atoms with van der Waals surface area (Å²) in [6.45, 7) is 2.45. The molecule has 1 atom stereocenters. The van der Waals surface area contributed by atoms with Crippen molar-refractivity contribution in [3.05, 3.63) is 48.5 Å². The fourth-order valence-electron chi connectivity index (χ4n) is 2.95. The van der Waals surface area contributed by atoms with Gasteiger partial charge in [-0.05, 0) is 61.9 Å². The van der Waals surface area contributed by atoms with Crippen LogP contribution in [-0.2, 0) is 19.6 Å². The molecule has 2 amide bonds. The number of nitrogens with zero attached hydrogens (tertiary/aromatic N) is 1. The first-order valence-corrected chi connectivity index (χ1v) is 10.4. The summed E-state index contributed by atoms with van der Waals surface area (Å²) in [5.41, 5.74) is 2.07. The third kappa shape index (κ3) is 4.68. The monoisotopic (exact) mass is 402 g/mol. The fraction of sp³-hybridized carbons (Fsp3) is 0.263. The van der Waals surface area contributed by atoms with Gasteiger partial charge in [0.2, 0.25) is 21.8 Å². The summed E-state index contributed by atoms with van der Waals surface area (Å²) in [5.74, 6) is -0.149. The lowest BCUT2D eigenvalue weighted by molar-refractivity contribution is -0.117. The maximum atomic E-state index is 12.3. The zero-order valence-electron chi connectivity index (χ0n) is 15.4. The van der Waals surface area contributed by atoms with Crippen LogP contribution in [0.2, 0.25) is 0 Å². The Balaban J connectivity index is 1.58. The molecule has 0 unspecified atom stereocenters. The van der Waals surface area contributed by atoms with Crippen molar-refractivity contribution in [2.75, 3.05) is 22.1 Å². The third-order valence-corrected chi connectivity index (χ3v) is 5.41. The van der Waals surface area contributed by atoms with Gasteiger partial charge < -0.3 is 15.5 Å². The lowest BCUT2D eigenvalue weighted by Gasteiger charge is -2.18. The Morgan fingerprint density at radius 1 is 1.07 bits per heavy atom. The van der Waals surface area contributed by atoms with Gasteiger partial charge >= 0.3 is 0 Å². The lowest BCUT2D eigenvalue weighted by atomic mass is 10.2. The predicted molar refractivity (Wildman–Crippen MR) is 108 cm³/mol. The van der Waals surface area contributed by atoms with E-state index in [1.165, 1.54) is 24.3 Å². The number of hydrogen-bond donors (Lipinski definition) is 3. The van der Waals surface area contributed by atoms with E-state index in [0.29, 0.717) is 12.1 Å². The average Bonchev–Trinajstić information content (AvgIpc) is 3.08. The second-order valence-corrected chi connectivity index (χ2v) is 8.18. The molecule has 4 N–H and O–H groups in total. The Morgan fingerprint density at radius 2 is 1.68 bits per heavy atom. The molecule has 9 heteroatoms. The van der Waals surface area contributed by atoms with Gasteiger partial charge in [0, 0.05) is 30.0 Å². The van der Waals surface area contributed by atoms with Gasteiger partial charge in [-0.3, -0.25) is 9.59 Å². The van der Waals surface area contributed by atoms with Crippen LogP contribution in [-0.4, -0.2) is 32.8 Å². The molecular formula is C19H22N4O4S. The van der Waals surface area contributed by atoms with Crippen LogP contribution in [0.1, 0.15) is 19.8 Å². The van der Waals surface area contributed by atoms with Gasteiger partial charge in [-0.2, -0.15) is 0 Å². The number of hydrogen-bond acceptors (Lipinski definition) is 5. The van der Waals surface area contributed by atoms with Crippen molar-refractivity contribution < 1.29 is 18.0 Å². The first-order valence-electron chi connectivity index (χ1n) is 8.85. The third-order valence-electron chi connectivity index (χ3n) is 4.48. The Bertz CT molecular complexity index is 972. The number of amides is 2. The number of anilines is 3. The van der Waals surface area contributed by atoms with E-state index in [0.717, 1.165) is 24.3 Å². The van der Waals surface area contributed by atoms with Crippen molar-refractivity contribution in [1.29, 1.82) is 0 Å². The van der Waals surface area contributed by atoms with Crippen LogP contribution in [0.25, 0.3) is 0 Å². The number of carbonyl (C=O) groups excluding carboxylic acids is 2. The molecule has 1 heterocycles. The second kappa shape index (κ2) is 7.99. The van der Waals surface area contributed by atoms with E-state index in [1.807, 2.05) is 24.3 Å². The molecule has 1 saturated heterocycles. The van der Waals surface area contributed by atoms with Crippen LogP contribution in [0.3, 0.4) is 0 Å². The summed E-state index contributed by atoms with van der Waals surface area (Å²) in [5, 5.41) is 10.9. The van der Waals surface area contributed by atoms with Gasteiger partial charge in [0.05, 0.1) is 4.90 Å². The van der Waals surface area contributed by atoms with Crippen LogP contribution >= 0.6 is 0 Å². The lowest BCUT2D eigenvalue weighted by Crippen LogP contribution is -2.31. The predicted octanol–water partition coefficient (Wildman–Crippen LogP) is 1.90. The first kappa shape index (κ1) is 19.8. The first-order chi connectivity index (χ1) is 13.2. The van der Waals surface area contributed by atoms with Gasteiger partial charge in [-0.1, -0.05) is 0 Å². The van der Waals surface area contributed by atoms with Crippen molar-refractivity contribution in [1.82, 2.24) is 0 Å². The van der Waals surface area contributed by atoms with Crippen molar-refractivity contribution >= 4 is 38.9 Å². The fourth-order valence-corrected chi connectivity index (χ4v) is 3.47. The summed E-state index contributed by atoms with van der Waals surface area (Å²) in [4.78, 5) is 25.9. The zero-order valence-corrected chi connectivity index (χ0v) is 16.2. The molecule has 3 rings (SSSR count). The largest absolute Gasteiger partial charge is 0.374 e. The van der Waals surface area contributed by atoms with Crippen LogP contribution in [0.15, 0.2) is 53.4 Å². The minimum Gasteiger partial charge on any atom is -0.374 e. The molecule has 2 aromatic carbocycles. The van der Waals surface area contributed by atoms with Gasteiger partial charge in [0.1, 0.15) is 6.04 Å².